The van der Waals surface area contributed by atoms with Crippen LogP contribution >= 0.6 is 0 Å². The Morgan fingerprint density at radius 2 is 2.18 bits per heavy atom. The Kier molecular flexibility index (Phi) is 5.68. The number of hydroxylamine groups is 2. The van der Waals surface area contributed by atoms with Crippen molar-refractivity contribution in [2.75, 3.05) is 19.7 Å². The molecule has 0 spiro atoms. The van der Waals surface area contributed by atoms with Gasteiger partial charge in [0, 0.05) is 36.8 Å². The number of carbonyl (C=O) groups excluding carboxylic acids is 1. The Labute approximate surface area is 162 Å². The lowest BCUT2D eigenvalue weighted by molar-refractivity contribution is -0.181. The maximum Gasteiger partial charge on any atom is 0.221 e. The first-order chi connectivity index (χ1) is 13.6. The van der Waals surface area contributed by atoms with E-state index in [2.05, 4.69) is 10.4 Å². The first kappa shape index (κ1) is 19.0. The molecule has 1 saturated heterocycles. The van der Waals surface area contributed by atoms with Crippen LogP contribution in [0.25, 0.3) is 5.69 Å². The second-order valence-corrected chi connectivity index (χ2v) is 7.29. The van der Waals surface area contributed by atoms with Crippen LogP contribution in [-0.2, 0) is 16.1 Å². The molecule has 0 saturated carbocycles. The van der Waals surface area contributed by atoms with Crippen molar-refractivity contribution in [2.45, 2.75) is 44.6 Å². The Morgan fingerprint density at radius 1 is 1.29 bits per heavy atom. The maximum absolute atomic E-state index is 14.2. The standard InChI is InChI=1S/C20H24F2N4O2/c21-14-6-7-19(16(22)12-14)26-18-5-3-4-17(15(18)13-23-26)24-20(27)8-10-25-9-1-2-11-28-25/h6-7,12-13,17H,1-5,8-11H2,(H,24,27). The number of aromatic nitrogens is 2. The Balaban J connectivity index is 1.44. The zero-order valence-corrected chi connectivity index (χ0v) is 15.7. The Hall–Kier alpha value is -2.32. The number of halogens is 2. The zero-order valence-electron chi connectivity index (χ0n) is 15.7. The fourth-order valence-corrected chi connectivity index (χ4v) is 3.88. The highest BCUT2D eigenvalue weighted by Gasteiger charge is 2.27. The van der Waals surface area contributed by atoms with Crippen LogP contribution in [0.15, 0.2) is 24.4 Å². The number of hydrogen-bond donors (Lipinski definition) is 1. The van der Waals surface area contributed by atoms with E-state index >= 15 is 0 Å². The molecule has 2 aromatic rings. The van der Waals surface area contributed by atoms with Crippen LogP contribution in [0.5, 0.6) is 0 Å². The van der Waals surface area contributed by atoms with E-state index in [1.165, 1.54) is 16.8 Å². The monoisotopic (exact) mass is 390 g/mol. The van der Waals surface area contributed by atoms with Gasteiger partial charge < -0.3 is 5.32 Å². The third kappa shape index (κ3) is 4.07. The zero-order chi connectivity index (χ0) is 19.5. The Morgan fingerprint density at radius 3 is 2.96 bits per heavy atom. The molecule has 1 fully saturated rings. The van der Waals surface area contributed by atoms with Gasteiger partial charge in [-0.1, -0.05) is 0 Å². The summed E-state index contributed by atoms with van der Waals surface area (Å²) in [5.74, 6) is -1.31. The summed E-state index contributed by atoms with van der Waals surface area (Å²) in [7, 11) is 0. The van der Waals surface area contributed by atoms with E-state index in [1.54, 1.807) is 6.20 Å². The molecular formula is C20H24F2N4O2. The van der Waals surface area contributed by atoms with Crippen LogP contribution in [-0.4, -0.2) is 40.4 Å². The van der Waals surface area contributed by atoms with Gasteiger partial charge in [0.1, 0.15) is 11.5 Å². The van der Waals surface area contributed by atoms with Crippen LogP contribution in [0.4, 0.5) is 8.78 Å². The van der Waals surface area contributed by atoms with Gasteiger partial charge in [-0.3, -0.25) is 9.63 Å². The first-order valence-corrected chi connectivity index (χ1v) is 9.81. The van der Waals surface area contributed by atoms with Crippen molar-refractivity contribution in [2.24, 2.45) is 0 Å². The number of nitrogens with zero attached hydrogens (tertiary/aromatic N) is 3. The molecule has 1 atom stereocenters. The average Bonchev–Trinajstić information content (AvgIpc) is 3.12. The quantitative estimate of drug-likeness (QED) is 0.853. The molecule has 0 bridgehead atoms. The molecule has 0 radical (unpaired) electrons. The number of hydrogen-bond acceptors (Lipinski definition) is 4. The summed E-state index contributed by atoms with van der Waals surface area (Å²) in [5, 5.41) is 9.24. The van der Waals surface area contributed by atoms with Crippen molar-refractivity contribution in [3.05, 3.63) is 47.3 Å². The summed E-state index contributed by atoms with van der Waals surface area (Å²) >= 11 is 0. The van der Waals surface area contributed by atoms with E-state index in [4.69, 9.17) is 4.84 Å². The van der Waals surface area contributed by atoms with Crippen LogP contribution in [0.1, 0.15) is 49.4 Å². The van der Waals surface area contributed by atoms with E-state index < -0.39 is 11.6 Å². The van der Waals surface area contributed by atoms with Crippen molar-refractivity contribution in [1.29, 1.82) is 0 Å². The molecule has 150 valence electrons. The predicted octanol–water partition coefficient (Wildman–Crippen LogP) is 3.06. The fourth-order valence-electron chi connectivity index (χ4n) is 3.88. The third-order valence-corrected chi connectivity index (χ3v) is 5.32. The summed E-state index contributed by atoms with van der Waals surface area (Å²) < 4.78 is 28.9. The van der Waals surface area contributed by atoms with Crippen molar-refractivity contribution in [1.82, 2.24) is 20.2 Å². The minimum Gasteiger partial charge on any atom is -0.349 e. The lowest BCUT2D eigenvalue weighted by Crippen LogP contribution is -2.36. The molecule has 1 aromatic carbocycles. The fraction of sp³-hybridized carbons (Fsp3) is 0.500. The van der Waals surface area contributed by atoms with E-state index in [-0.39, 0.29) is 17.6 Å². The summed E-state index contributed by atoms with van der Waals surface area (Å²) in [6, 6.07) is 3.32. The van der Waals surface area contributed by atoms with Crippen molar-refractivity contribution < 1.29 is 18.4 Å². The summed E-state index contributed by atoms with van der Waals surface area (Å²) in [4.78, 5) is 17.9. The van der Waals surface area contributed by atoms with Gasteiger partial charge >= 0.3 is 0 Å². The van der Waals surface area contributed by atoms with Gasteiger partial charge in [-0.05, 0) is 44.2 Å². The lowest BCUT2D eigenvalue weighted by atomic mass is 9.92. The summed E-state index contributed by atoms with van der Waals surface area (Å²) in [6.45, 7) is 2.15. The largest absolute Gasteiger partial charge is 0.349 e. The minimum atomic E-state index is -0.654. The number of nitrogens with one attached hydrogen (secondary N) is 1. The number of fused-ring (bicyclic) bond motifs is 1. The topological polar surface area (TPSA) is 59.4 Å². The molecule has 2 heterocycles. The number of amides is 1. The summed E-state index contributed by atoms with van der Waals surface area (Å²) in [6.07, 6.45) is 6.61. The SMILES string of the molecule is O=C(CCN1CCCCO1)NC1CCCc2c1cnn2-c1ccc(F)cc1F. The molecular weight excluding hydrogens is 366 g/mol. The van der Waals surface area contributed by atoms with Gasteiger partial charge in [-0.2, -0.15) is 10.2 Å². The smallest absolute Gasteiger partial charge is 0.221 e. The van der Waals surface area contributed by atoms with Crippen LogP contribution in [0.3, 0.4) is 0 Å². The molecule has 1 aliphatic carbocycles. The van der Waals surface area contributed by atoms with E-state index in [0.717, 1.165) is 56.0 Å². The van der Waals surface area contributed by atoms with Crippen molar-refractivity contribution in [3.63, 3.8) is 0 Å². The molecule has 1 unspecified atom stereocenters. The van der Waals surface area contributed by atoms with Gasteiger partial charge in [-0.15, -0.1) is 0 Å². The van der Waals surface area contributed by atoms with Gasteiger partial charge in [-0.25, -0.2) is 13.5 Å². The molecule has 2 aliphatic rings. The van der Waals surface area contributed by atoms with Crippen LogP contribution in [0.2, 0.25) is 0 Å². The van der Waals surface area contributed by atoms with E-state index in [0.29, 0.717) is 19.6 Å². The van der Waals surface area contributed by atoms with Gasteiger partial charge in [0.2, 0.25) is 5.91 Å². The van der Waals surface area contributed by atoms with Crippen molar-refractivity contribution >= 4 is 5.91 Å². The number of carbonyl (C=O) groups is 1. The molecule has 4 rings (SSSR count). The molecule has 28 heavy (non-hydrogen) atoms. The highest BCUT2D eigenvalue weighted by Crippen LogP contribution is 2.31. The van der Waals surface area contributed by atoms with Crippen molar-refractivity contribution in [3.8, 4) is 5.69 Å². The summed E-state index contributed by atoms with van der Waals surface area (Å²) in [5.41, 5.74) is 1.98. The molecule has 1 amide bonds. The van der Waals surface area contributed by atoms with Gasteiger partial charge in [0.15, 0.2) is 5.82 Å². The Bertz CT molecular complexity index is 849. The second kappa shape index (κ2) is 8.36. The van der Waals surface area contributed by atoms with E-state index in [9.17, 15) is 13.6 Å². The molecule has 1 N–H and O–H groups in total. The van der Waals surface area contributed by atoms with Crippen LogP contribution in [0, 0.1) is 11.6 Å². The first-order valence-electron chi connectivity index (χ1n) is 9.81. The lowest BCUT2D eigenvalue weighted by Gasteiger charge is -2.27. The molecule has 6 nitrogen and oxygen atoms in total. The number of rotatable bonds is 5. The molecule has 8 heteroatoms. The molecule has 1 aromatic heterocycles. The van der Waals surface area contributed by atoms with Gasteiger partial charge in [0.05, 0.1) is 18.8 Å². The minimum absolute atomic E-state index is 0.0345. The highest BCUT2D eigenvalue weighted by atomic mass is 19.1. The van der Waals surface area contributed by atoms with Crippen LogP contribution < -0.4 is 5.32 Å². The van der Waals surface area contributed by atoms with E-state index in [1.807, 2.05) is 5.06 Å². The predicted molar refractivity (Wildman–Crippen MR) is 98.7 cm³/mol. The number of benzene rings is 1. The second-order valence-electron chi connectivity index (χ2n) is 7.29. The average molecular weight is 390 g/mol. The maximum atomic E-state index is 14.2. The normalized spacial score (nSPS) is 20.0. The molecule has 1 aliphatic heterocycles. The highest BCUT2D eigenvalue weighted by molar-refractivity contribution is 5.76. The third-order valence-electron chi connectivity index (χ3n) is 5.32. The van der Waals surface area contributed by atoms with Gasteiger partial charge in [0.25, 0.3) is 0 Å².